The highest BCUT2D eigenvalue weighted by Crippen LogP contribution is 2.19. The highest BCUT2D eigenvalue weighted by Gasteiger charge is 2.06. The Balaban J connectivity index is 1.90. The van der Waals surface area contributed by atoms with Gasteiger partial charge in [0, 0.05) is 17.0 Å². The first kappa shape index (κ1) is 15.9. The lowest BCUT2D eigenvalue weighted by Crippen LogP contribution is -2.00. The Morgan fingerprint density at radius 2 is 1.96 bits per heavy atom. The molecule has 0 radical (unpaired) electrons. The van der Waals surface area contributed by atoms with Crippen LogP contribution in [-0.4, -0.2) is 21.1 Å². The van der Waals surface area contributed by atoms with Crippen molar-refractivity contribution >= 4 is 41.6 Å². The molecule has 1 aromatic heterocycles. The number of aromatic amines is 1. The van der Waals surface area contributed by atoms with E-state index in [2.05, 4.69) is 15.3 Å². The summed E-state index contributed by atoms with van der Waals surface area (Å²) in [6.07, 6.45) is 2.26. The Morgan fingerprint density at radius 3 is 2.70 bits per heavy atom. The number of hydrogen-bond donors (Lipinski definition) is 1. The van der Waals surface area contributed by atoms with E-state index in [1.807, 2.05) is 30.3 Å². The van der Waals surface area contributed by atoms with Gasteiger partial charge in [0.05, 0.1) is 11.2 Å². The topological polar surface area (TPSA) is 46.0 Å². The maximum absolute atomic E-state index is 6.14. The molecule has 3 aromatic rings. The summed E-state index contributed by atoms with van der Waals surface area (Å²) in [4.78, 5) is 0. The van der Waals surface area contributed by atoms with Gasteiger partial charge in [0.1, 0.15) is 0 Å². The summed E-state index contributed by atoms with van der Waals surface area (Å²) >= 11 is 17.3. The number of H-pyrrole nitrogens is 1. The smallest absolute Gasteiger partial charge is 0.216 e. The molecule has 3 rings (SSSR count). The van der Waals surface area contributed by atoms with Gasteiger partial charge in [-0.1, -0.05) is 59.6 Å². The van der Waals surface area contributed by atoms with Crippen molar-refractivity contribution in [2.24, 2.45) is 5.10 Å². The van der Waals surface area contributed by atoms with Crippen molar-refractivity contribution in [1.29, 1.82) is 0 Å². The highest BCUT2D eigenvalue weighted by molar-refractivity contribution is 7.71. The molecule has 2 aromatic carbocycles. The zero-order chi connectivity index (χ0) is 16.2. The van der Waals surface area contributed by atoms with Gasteiger partial charge in [-0.25, -0.2) is 0 Å². The fourth-order valence-corrected chi connectivity index (χ4v) is 2.72. The number of nitrogens with zero attached hydrogens (tertiary/aromatic N) is 3. The van der Waals surface area contributed by atoms with Crippen molar-refractivity contribution < 1.29 is 0 Å². The lowest BCUT2D eigenvalue weighted by Gasteiger charge is -2.02. The first-order valence-electron chi connectivity index (χ1n) is 6.83. The molecule has 0 aliphatic rings. The molecule has 7 heteroatoms. The van der Waals surface area contributed by atoms with Crippen molar-refractivity contribution in [1.82, 2.24) is 14.9 Å². The maximum Gasteiger partial charge on any atom is 0.216 e. The van der Waals surface area contributed by atoms with Gasteiger partial charge in [-0.05, 0) is 29.9 Å². The van der Waals surface area contributed by atoms with Gasteiger partial charge < -0.3 is 0 Å². The fraction of sp³-hybridized carbons (Fsp3) is 0.0625. The molecule has 0 aliphatic carbocycles. The van der Waals surface area contributed by atoms with Crippen LogP contribution in [0.4, 0.5) is 0 Å². The van der Waals surface area contributed by atoms with E-state index in [1.54, 1.807) is 29.1 Å². The highest BCUT2D eigenvalue weighted by atomic mass is 35.5. The molecule has 0 atom stereocenters. The van der Waals surface area contributed by atoms with Crippen LogP contribution in [0.15, 0.2) is 53.6 Å². The molecule has 0 unspecified atom stereocenters. The molecule has 1 heterocycles. The van der Waals surface area contributed by atoms with E-state index < -0.39 is 0 Å². The molecule has 0 fully saturated rings. The van der Waals surface area contributed by atoms with Gasteiger partial charge in [-0.2, -0.15) is 14.9 Å². The molecule has 0 aliphatic heterocycles. The summed E-state index contributed by atoms with van der Waals surface area (Å²) in [6, 6.07) is 15.2. The fourth-order valence-electron chi connectivity index (χ4n) is 2.06. The number of aromatic nitrogens is 3. The van der Waals surface area contributed by atoms with Crippen LogP contribution in [0.5, 0.6) is 0 Å². The van der Waals surface area contributed by atoms with E-state index in [1.165, 1.54) is 0 Å². The number of benzene rings is 2. The first-order chi connectivity index (χ1) is 11.1. The van der Waals surface area contributed by atoms with E-state index in [4.69, 9.17) is 35.4 Å². The minimum atomic E-state index is 0.428. The van der Waals surface area contributed by atoms with Crippen LogP contribution < -0.4 is 0 Å². The Labute approximate surface area is 148 Å². The molecule has 0 spiro atoms. The second kappa shape index (κ2) is 7.08. The molecular formula is C16H12Cl2N4S. The van der Waals surface area contributed by atoms with Crippen molar-refractivity contribution in [3.05, 3.63) is 80.3 Å². The molecule has 0 saturated carbocycles. The molecule has 0 saturated heterocycles. The maximum atomic E-state index is 6.14. The minimum Gasteiger partial charge on any atom is -0.250 e. The van der Waals surface area contributed by atoms with Crippen molar-refractivity contribution in [3.8, 4) is 0 Å². The molecule has 116 valence electrons. The molecule has 0 amide bonds. The van der Waals surface area contributed by atoms with Gasteiger partial charge in [0.15, 0.2) is 5.82 Å². The zero-order valence-electron chi connectivity index (χ0n) is 11.9. The van der Waals surface area contributed by atoms with Gasteiger partial charge in [0.2, 0.25) is 4.77 Å². The zero-order valence-corrected chi connectivity index (χ0v) is 14.2. The number of rotatable bonds is 4. The third-order valence-corrected chi connectivity index (χ3v) is 4.02. The van der Waals surface area contributed by atoms with Crippen LogP contribution in [-0.2, 0) is 6.42 Å². The molecule has 23 heavy (non-hydrogen) atoms. The molecule has 1 N–H and O–H groups in total. The van der Waals surface area contributed by atoms with E-state index >= 15 is 0 Å². The van der Waals surface area contributed by atoms with Crippen LogP contribution in [0.25, 0.3) is 0 Å². The Hall–Kier alpha value is -1.95. The third-order valence-electron chi connectivity index (χ3n) is 3.20. The summed E-state index contributed by atoms with van der Waals surface area (Å²) < 4.78 is 2.02. The predicted molar refractivity (Wildman–Crippen MR) is 96.1 cm³/mol. The van der Waals surface area contributed by atoms with Crippen molar-refractivity contribution in [2.45, 2.75) is 6.42 Å². The summed E-state index contributed by atoms with van der Waals surface area (Å²) in [6.45, 7) is 0. The largest absolute Gasteiger partial charge is 0.250 e. The minimum absolute atomic E-state index is 0.428. The summed E-state index contributed by atoms with van der Waals surface area (Å²) in [5, 5.41) is 12.5. The Bertz CT molecular complexity index is 900. The van der Waals surface area contributed by atoms with Crippen LogP contribution in [0, 0.1) is 4.77 Å². The normalized spacial score (nSPS) is 11.2. The summed E-state index contributed by atoms with van der Waals surface area (Å²) in [5.74, 6) is 0.725. The summed E-state index contributed by atoms with van der Waals surface area (Å²) in [5.41, 5.74) is 1.88. The van der Waals surface area contributed by atoms with Crippen LogP contribution >= 0.6 is 35.4 Å². The van der Waals surface area contributed by atoms with Crippen LogP contribution in [0.2, 0.25) is 10.0 Å². The van der Waals surface area contributed by atoms with Crippen molar-refractivity contribution in [2.75, 3.05) is 0 Å². The van der Waals surface area contributed by atoms with E-state index in [0.29, 0.717) is 21.2 Å². The lowest BCUT2D eigenvalue weighted by molar-refractivity contribution is 0.792. The van der Waals surface area contributed by atoms with Crippen LogP contribution in [0.3, 0.4) is 0 Å². The van der Waals surface area contributed by atoms with E-state index in [0.717, 1.165) is 17.0 Å². The second-order valence-electron chi connectivity index (χ2n) is 4.83. The SMILES string of the molecule is S=c1[nH]nc(Cc2ccccc2)n1/N=C\c1ccc(Cl)cc1Cl. The predicted octanol–water partition coefficient (Wildman–Crippen LogP) is 4.72. The standard InChI is InChI=1S/C16H12Cl2N4S/c17-13-7-6-12(14(18)9-13)10-19-22-15(20-21-16(22)23)8-11-4-2-1-3-5-11/h1-7,9-10H,8H2,(H,21,23)/b19-10-. The molecule has 4 nitrogen and oxygen atoms in total. The average Bonchev–Trinajstić information content (AvgIpc) is 2.88. The Morgan fingerprint density at radius 1 is 1.17 bits per heavy atom. The first-order valence-corrected chi connectivity index (χ1v) is 7.99. The van der Waals surface area contributed by atoms with Crippen molar-refractivity contribution in [3.63, 3.8) is 0 Å². The lowest BCUT2D eigenvalue weighted by atomic mass is 10.1. The summed E-state index contributed by atoms with van der Waals surface area (Å²) in [7, 11) is 0. The number of halogens is 2. The monoisotopic (exact) mass is 362 g/mol. The van der Waals surface area contributed by atoms with Gasteiger partial charge in [0.25, 0.3) is 0 Å². The second-order valence-corrected chi connectivity index (χ2v) is 6.06. The quantitative estimate of drug-likeness (QED) is 0.539. The Kier molecular flexibility index (Phi) is 4.91. The van der Waals surface area contributed by atoms with Gasteiger partial charge in [-0.15, -0.1) is 0 Å². The number of nitrogens with one attached hydrogen (secondary N) is 1. The van der Waals surface area contributed by atoms with Crippen LogP contribution in [0.1, 0.15) is 17.0 Å². The van der Waals surface area contributed by atoms with E-state index in [9.17, 15) is 0 Å². The molecular weight excluding hydrogens is 351 g/mol. The van der Waals surface area contributed by atoms with Gasteiger partial charge in [-0.3, -0.25) is 5.10 Å². The van der Waals surface area contributed by atoms with Gasteiger partial charge >= 0.3 is 0 Å². The van der Waals surface area contributed by atoms with E-state index in [-0.39, 0.29) is 0 Å². The molecule has 0 bridgehead atoms. The average molecular weight is 363 g/mol. The third kappa shape index (κ3) is 3.88. The number of hydrogen-bond acceptors (Lipinski definition) is 3.